The maximum absolute atomic E-state index is 12.7. The lowest BCUT2D eigenvalue weighted by molar-refractivity contribution is -0.124. The highest BCUT2D eigenvalue weighted by Gasteiger charge is 2.29. The fourth-order valence-electron chi connectivity index (χ4n) is 1.54. The van der Waals surface area contributed by atoms with E-state index in [-0.39, 0.29) is 5.82 Å². The summed E-state index contributed by atoms with van der Waals surface area (Å²) in [5.74, 6) is 0.338. The Morgan fingerprint density at radius 2 is 2.08 bits per heavy atom. The second-order valence-electron chi connectivity index (χ2n) is 3.31. The van der Waals surface area contributed by atoms with Crippen LogP contribution < -0.4 is 0 Å². The zero-order valence-corrected chi connectivity index (χ0v) is 8.47. The SMILES string of the molecule is O=C1CC(c2ccc(F)cc2Br)C1. The van der Waals surface area contributed by atoms with Gasteiger partial charge in [-0.05, 0) is 23.6 Å². The minimum absolute atomic E-state index is 0.249. The Morgan fingerprint density at radius 1 is 1.38 bits per heavy atom. The second kappa shape index (κ2) is 3.22. The highest BCUT2D eigenvalue weighted by molar-refractivity contribution is 9.10. The molecule has 1 saturated carbocycles. The molecular weight excluding hydrogens is 235 g/mol. The van der Waals surface area contributed by atoms with Gasteiger partial charge in [0, 0.05) is 17.3 Å². The minimum atomic E-state index is -0.249. The first kappa shape index (κ1) is 8.88. The third kappa shape index (κ3) is 1.66. The van der Waals surface area contributed by atoms with Crippen molar-refractivity contribution in [2.24, 2.45) is 0 Å². The average Bonchev–Trinajstić information content (AvgIpc) is 2.00. The minimum Gasteiger partial charge on any atom is -0.300 e. The van der Waals surface area contributed by atoms with Gasteiger partial charge in [-0.1, -0.05) is 22.0 Å². The number of rotatable bonds is 1. The van der Waals surface area contributed by atoms with E-state index in [1.54, 1.807) is 6.07 Å². The smallest absolute Gasteiger partial charge is 0.134 e. The van der Waals surface area contributed by atoms with E-state index in [1.807, 2.05) is 0 Å². The number of hydrogen-bond acceptors (Lipinski definition) is 1. The van der Waals surface area contributed by atoms with Gasteiger partial charge < -0.3 is 0 Å². The molecule has 0 amide bonds. The maximum Gasteiger partial charge on any atom is 0.134 e. The molecule has 1 fully saturated rings. The molecular formula is C10H8BrFO. The molecule has 0 aliphatic heterocycles. The summed E-state index contributed by atoms with van der Waals surface area (Å²) in [6, 6.07) is 4.62. The molecule has 0 radical (unpaired) electrons. The standard InChI is InChI=1S/C10H8BrFO/c11-10-5-7(12)1-2-9(10)6-3-8(13)4-6/h1-2,5-6H,3-4H2. The van der Waals surface area contributed by atoms with Gasteiger partial charge in [-0.3, -0.25) is 4.79 Å². The summed E-state index contributed by atoms with van der Waals surface area (Å²) >= 11 is 3.29. The first-order chi connectivity index (χ1) is 6.16. The Kier molecular flexibility index (Phi) is 2.20. The molecule has 3 heteroatoms. The summed E-state index contributed by atoms with van der Waals surface area (Å²) in [5.41, 5.74) is 1.04. The van der Waals surface area contributed by atoms with E-state index < -0.39 is 0 Å². The Morgan fingerprint density at radius 3 is 2.62 bits per heavy atom. The third-order valence-electron chi connectivity index (χ3n) is 2.35. The van der Waals surface area contributed by atoms with E-state index in [1.165, 1.54) is 12.1 Å². The maximum atomic E-state index is 12.7. The number of Topliss-reactive ketones (excluding diaryl/α,β-unsaturated/α-hetero) is 1. The quantitative estimate of drug-likeness (QED) is 0.740. The molecule has 13 heavy (non-hydrogen) atoms. The van der Waals surface area contributed by atoms with Crippen molar-refractivity contribution in [3.63, 3.8) is 0 Å². The van der Waals surface area contributed by atoms with E-state index in [0.717, 1.165) is 10.0 Å². The third-order valence-corrected chi connectivity index (χ3v) is 3.04. The number of hydrogen-bond donors (Lipinski definition) is 0. The highest BCUT2D eigenvalue weighted by atomic mass is 79.9. The van der Waals surface area contributed by atoms with Gasteiger partial charge in [-0.15, -0.1) is 0 Å². The summed E-state index contributed by atoms with van der Waals surface area (Å²) in [6.45, 7) is 0. The van der Waals surface area contributed by atoms with Crippen molar-refractivity contribution >= 4 is 21.7 Å². The van der Waals surface area contributed by atoms with Crippen LogP contribution >= 0.6 is 15.9 Å². The normalized spacial score (nSPS) is 17.2. The van der Waals surface area contributed by atoms with Gasteiger partial charge in [0.05, 0.1) is 0 Å². The number of ketones is 1. The van der Waals surface area contributed by atoms with Gasteiger partial charge in [-0.25, -0.2) is 4.39 Å². The van der Waals surface area contributed by atoms with Gasteiger partial charge in [0.25, 0.3) is 0 Å². The molecule has 1 aromatic rings. The fourth-order valence-corrected chi connectivity index (χ4v) is 2.22. The van der Waals surface area contributed by atoms with Crippen molar-refractivity contribution in [1.82, 2.24) is 0 Å². The fraction of sp³-hybridized carbons (Fsp3) is 0.300. The van der Waals surface area contributed by atoms with E-state index in [9.17, 15) is 9.18 Å². The van der Waals surface area contributed by atoms with Crippen LogP contribution in [0.2, 0.25) is 0 Å². The van der Waals surface area contributed by atoms with Crippen LogP contribution in [0.4, 0.5) is 4.39 Å². The van der Waals surface area contributed by atoms with Crippen LogP contribution in [0.1, 0.15) is 24.3 Å². The first-order valence-corrected chi connectivity index (χ1v) is 4.93. The van der Waals surface area contributed by atoms with Crippen molar-refractivity contribution < 1.29 is 9.18 Å². The Balaban J connectivity index is 2.26. The molecule has 1 nitrogen and oxygen atoms in total. The lowest BCUT2D eigenvalue weighted by Crippen LogP contribution is -2.21. The van der Waals surface area contributed by atoms with E-state index in [0.29, 0.717) is 24.5 Å². The average molecular weight is 243 g/mol. The van der Waals surface area contributed by atoms with Crippen molar-refractivity contribution in [1.29, 1.82) is 0 Å². The lowest BCUT2D eigenvalue weighted by atomic mass is 9.79. The van der Waals surface area contributed by atoms with E-state index >= 15 is 0 Å². The van der Waals surface area contributed by atoms with Crippen LogP contribution in [-0.4, -0.2) is 5.78 Å². The molecule has 0 unspecified atom stereocenters. The van der Waals surface area contributed by atoms with Gasteiger partial charge in [0.1, 0.15) is 11.6 Å². The Hall–Kier alpha value is -0.700. The summed E-state index contributed by atoms with van der Waals surface area (Å²) in [6.07, 6.45) is 1.20. The molecule has 1 aliphatic rings. The van der Waals surface area contributed by atoms with Crippen LogP contribution in [0.5, 0.6) is 0 Å². The number of carbonyl (C=O) groups excluding carboxylic acids is 1. The zero-order chi connectivity index (χ0) is 9.42. The van der Waals surface area contributed by atoms with Crippen LogP contribution in [-0.2, 0) is 4.79 Å². The highest BCUT2D eigenvalue weighted by Crippen LogP contribution is 2.37. The molecule has 1 aliphatic carbocycles. The molecule has 0 bridgehead atoms. The van der Waals surface area contributed by atoms with Crippen LogP contribution in [0.15, 0.2) is 22.7 Å². The summed E-state index contributed by atoms with van der Waals surface area (Å²) in [7, 11) is 0. The molecule has 2 rings (SSSR count). The Bertz CT molecular complexity index is 354. The summed E-state index contributed by atoms with van der Waals surface area (Å²) < 4.78 is 13.5. The van der Waals surface area contributed by atoms with Crippen LogP contribution in [0.3, 0.4) is 0 Å². The number of carbonyl (C=O) groups is 1. The molecule has 0 heterocycles. The van der Waals surface area contributed by atoms with Gasteiger partial charge in [0.2, 0.25) is 0 Å². The number of benzene rings is 1. The van der Waals surface area contributed by atoms with Crippen molar-refractivity contribution in [2.45, 2.75) is 18.8 Å². The van der Waals surface area contributed by atoms with Crippen molar-refractivity contribution in [2.75, 3.05) is 0 Å². The lowest BCUT2D eigenvalue weighted by Gasteiger charge is -2.25. The molecule has 0 aromatic heterocycles. The van der Waals surface area contributed by atoms with Gasteiger partial charge in [-0.2, -0.15) is 0 Å². The van der Waals surface area contributed by atoms with Crippen molar-refractivity contribution in [3.8, 4) is 0 Å². The summed E-state index contributed by atoms with van der Waals surface area (Å²) in [5, 5.41) is 0. The predicted molar refractivity (Wildman–Crippen MR) is 51.1 cm³/mol. The van der Waals surface area contributed by atoms with Crippen LogP contribution in [0, 0.1) is 5.82 Å². The molecule has 0 atom stereocenters. The zero-order valence-electron chi connectivity index (χ0n) is 6.89. The van der Waals surface area contributed by atoms with Crippen LogP contribution in [0.25, 0.3) is 0 Å². The number of halogens is 2. The molecule has 0 N–H and O–H groups in total. The molecule has 0 saturated heterocycles. The monoisotopic (exact) mass is 242 g/mol. The van der Waals surface area contributed by atoms with Crippen molar-refractivity contribution in [3.05, 3.63) is 34.1 Å². The summed E-state index contributed by atoms with van der Waals surface area (Å²) in [4.78, 5) is 10.8. The van der Waals surface area contributed by atoms with Gasteiger partial charge >= 0.3 is 0 Å². The van der Waals surface area contributed by atoms with E-state index in [2.05, 4.69) is 15.9 Å². The molecule has 1 aromatic carbocycles. The molecule has 68 valence electrons. The Labute approximate surface area is 84.1 Å². The first-order valence-electron chi connectivity index (χ1n) is 4.13. The topological polar surface area (TPSA) is 17.1 Å². The largest absolute Gasteiger partial charge is 0.300 e. The van der Waals surface area contributed by atoms with Gasteiger partial charge in [0.15, 0.2) is 0 Å². The van der Waals surface area contributed by atoms with E-state index in [4.69, 9.17) is 0 Å². The molecule has 0 spiro atoms. The predicted octanol–water partition coefficient (Wildman–Crippen LogP) is 3.03. The second-order valence-corrected chi connectivity index (χ2v) is 4.16.